The molecule has 6 atom stereocenters. The van der Waals surface area contributed by atoms with E-state index in [2.05, 4.69) is 436 Å². The molecule has 0 spiro atoms. The largest absolute Gasteiger partial charge is 0.310 e. The summed E-state index contributed by atoms with van der Waals surface area (Å²) in [4.78, 5) is 9.41. The first-order valence-corrected chi connectivity index (χ1v) is 47.6. The van der Waals surface area contributed by atoms with Gasteiger partial charge >= 0.3 is 0 Å². The molecule has 4 heteroatoms. The highest BCUT2D eigenvalue weighted by Gasteiger charge is 2.40. The summed E-state index contributed by atoms with van der Waals surface area (Å²) in [7, 11) is 0. The van der Waals surface area contributed by atoms with Gasteiger partial charge in [-0.2, -0.15) is 0 Å². The van der Waals surface area contributed by atoms with Gasteiger partial charge in [-0.25, -0.2) is 0 Å². The van der Waals surface area contributed by atoms with Gasteiger partial charge in [0.15, 0.2) is 0 Å². The first kappa shape index (κ1) is 81.7. The maximum Gasteiger partial charge on any atom is 0.0491 e. The molecular formula is C124H116N4. The molecule has 16 aromatic carbocycles. The highest BCUT2D eigenvalue weighted by atomic mass is 15.2. The van der Waals surface area contributed by atoms with E-state index in [9.17, 15) is 0 Å². The smallest absolute Gasteiger partial charge is 0.0491 e. The SMILES string of the molecule is Cc1cc(-c2cc(C)c3c(c2)C2CCC3C2)ccc1N(c1ccccc1)c1ccccc1.Cc1cc(-c2ccc3c(c2)C2CCC3C2)ccc1N(c1ccccc1)c1ccccc1.Cc1cc(-c2ccc3c(c2)C2CCC3CC2)ccc1N(c1ccccc1)c1ccccc1.Cc1cc(-c2ccc3c(c2)C2CCCC3CC2)ccc1N(c1ccccc1)c1ccccc1. The number of anilines is 12. The molecule has 0 aromatic heterocycles. The quantitative estimate of drug-likeness (QED) is 0.0956. The van der Waals surface area contributed by atoms with Crippen molar-refractivity contribution >= 4 is 68.2 Å². The summed E-state index contributed by atoms with van der Waals surface area (Å²) < 4.78 is 0. The van der Waals surface area contributed by atoms with Gasteiger partial charge in [0, 0.05) is 68.2 Å². The molecule has 0 saturated heterocycles. The normalized spacial score (nSPS) is 18.8. The van der Waals surface area contributed by atoms with Crippen molar-refractivity contribution < 1.29 is 0 Å². The van der Waals surface area contributed by atoms with E-state index in [-0.39, 0.29) is 0 Å². The average Bonchev–Trinajstić information content (AvgIpc) is 1.70. The second kappa shape index (κ2) is 36.2. The van der Waals surface area contributed by atoms with Gasteiger partial charge in [0.25, 0.3) is 0 Å². The molecular weight excluding hydrogens is 1550 g/mol. The summed E-state index contributed by atoms with van der Waals surface area (Å²) in [6.45, 7) is 11.3. The van der Waals surface area contributed by atoms with Crippen LogP contribution in [0.4, 0.5) is 68.2 Å². The van der Waals surface area contributed by atoms with Gasteiger partial charge in [-0.15, -0.1) is 0 Å². The lowest BCUT2D eigenvalue weighted by molar-refractivity contribution is 0.359. The summed E-state index contributed by atoms with van der Waals surface area (Å²) in [5, 5.41) is 0. The lowest BCUT2D eigenvalue weighted by Gasteiger charge is -2.38. The third-order valence-electron chi connectivity index (χ3n) is 29.9. The molecule has 0 heterocycles. The van der Waals surface area contributed by atoms with Crippen LogP contribution in [0.3, 0.4) is 0 Å². The van der Waals surface area contributed by atoms with Gasteiger partial charge in [0.2, 0.25) is 0 Å². The maximum atomic E-state index is 2.51. The zero-order valence-corrected chi connectivity index (χ0v) is 74.9. The molecule has 128 heavy (non-hydrogen) atoms. The van der Waals surface area contributed by atoms with Crippen LogP contribution in [0.2, 0.25) is 0 Å². The van der Waals surface area contributed by atoms with Crippen LogP contribution in [-0.2, 0) is 0 Å². The van der Waals surface area contributed by atoms with Gasteiger partial charge in [-0.05, 0) is 434 Å². The molecule has 0 N–H and O–H groups in total. The summed E-state index contributed by atoms with van der Waals surface area (Å²) in [5.41, 5.74) is 44.8. The van der Waals surface area contributed by atoms with E-state index < -0.39 is 0 Å². The minimum atomic E-state index is 0.769. The Labute approximate surface area is 760 Å². The predicted octanol–water partition coefficient (Wildman–Crippen LogP) is 35.5. The Morgan fingerprint density at radius 3 is 0.680 bits per heavy atom. The monoisotopic (exact) mass is 1660 g/mol. The zero-order chi connectivity index (χ0) is 86.1. The van der Waals surface area contributed by atoms with E-state index >= 15 is 0 Å². The van der Waals surface area contributed by atoms with E-state index in [1.165, 1.54) is 237 Å². The van der Waals surface area contributed by atoms with E-state index in [0.29, 0.717) is 0 Å². The van der Waals surface area contributed by atoms with Crippen LogP contribution in [0, 0.1) is 34.6 Å². The number of rotatable bonds is 16. The Balaban J connectivity index is 0.000000104. The highest BCUT2D eigenvalue weighted by molar-refractivity contribution is 5.86. The van der Waals surface area contributed by atoms with Gasteiger partial charge < -0.3 is 19.6 Å². The van der Waals surface area contributed by atoms with Crippen molar-refractivity contribution in [1.82, 2.24) is 0 Å². The molecule has 26 rings (SSSR count). The van der Waals surface area contributed by atoms with Crippen molar-refractivity contribution in [2.24, 2.45) is 0 Å². The Bertz CT molecular complexity index is 6440. The number of hydrogen-bond acceptors (Lipinski definition) is 4. The number of fused-ring (bicyclic) bond motifs is 15. The molecule has 0 aliphatic heterocycles. The second-order valence-electron chi connectivity index (χ2n) is 37.7. The fourth-order valence-electron chi connectivity index (χ4n) is 23.7. The molecule has 0 amide bonds. The summed E-state index contributed by atoms with van der Waals surface area (Å²) in [5.74, 6) is 6.38. The fourth-order valence-corrected chi connectivity index (χ4v) is 23.7. The summed E-state index contributed by atoms with van der Waals surface area (Å²) >= 11 is 0. The van der Waals surface area contributed by atoms with E-state index in [1.54, 1.807) is 44.5 Å². The average molecular weight is 1660 g/mol. The Kier molecular flexibility index (Phi) is 23.1. The van der Waals surface area contributed by atoms with Crippen LogP contribution in [0.5, 0.6) is 0 Å². The molecule has 10 aliphatic carbocycles. The lowest BCUT2D eigenvalue weighted by Crippen LogP contribution is -2.21. The van der Waals surface area contributed by atoms with E-state index in [4.69, 9.17) is 0 Å². The van der Waals surface area contributed by atoms with Crippen molar-refractivity contribution in [2.75, 3.05) is 19.6 Å². The van der Waals surface area contributed by atoms with Crippen LogP contribution >= 0.6 is 0 Å². The van der Waals surface area contributed by atoms with Crippen LogP contribution in [0.25, 0.3) is 44.5 Å². The molecule has 4 saturated carbocycles. The first-order chi connectivity index (χ1) is 63.0. The van der Waals surface area contributed by atoms with Crippen molar-refractivity contribution in [3.8, 4) is 44.5 Å². The fraction of sp³-hybridized carbons (Fsp3) is 0.226. The third kappa shape index (κ3) is 16.4. The number of aryl methyl sites for hydroxylation is 5. The van der Waals surface area contributed by atoms with Crippen molar-refractivity contribution in [3.05, 3.63) is 455 Å². The first-order valence-electron chi connectivity index (χ1n) is 47.6. The molecule has 632 valence electrons. The standard InChI is InChI=1S/C32H31N.2C31H29N.C30H27N/c1-23-21-26(27-17-19-30-24-9-8-10-25(16-15-24)31(30)22-27)18-20-32(23)33(28-11-4-2-5-12-28)29-13-6-3-7-14-29;1-21-17-23(26-18-22(2)31-25-14-13-24(19-25)29(31)20-26)15-16-30(21)32(27-9-5-3-6-10-27)28-11-7-4-8-12-28;1-22-20-25(26-16-18-29-23-12-14-24(15-13-23)30(29)21-26)17-19-31(22)32(27-8-4-2-5-9-27)28-10-6-3-7-11-28;1-21-18-22(23-14-16-28-24-12-13-25(19-24)29(28)20-23)15-17-30(21)31(26-8-4-2-5-9-26)27-10-6-3-7-11-27/h2-7,11-14,17-22,24-25H,8-10,15-16H2,1H3;3-12,15-18,20,24-25H,13-14,19H2,1-2H3;2-11,16-21,23-24H,12-15H2,1H3;2-11,14-18,20,24-25H,12-13,19H2,1H3. The summed E-state index contributed by atoms with van der Waals surface area (Å²) in [6, 6.07) is 140. The predicted molar refractivity (Wildman–Crippen MR) is 541 cm³/mol. The van der Waals surface area contributed by atoms with Gasteiger partial charge in [0.05, 0.1) is 0 Å². The van der Waals surface area contributed by atoms with Gasteiger partial charge in [0.1, 0.15) is 0 Å². The molecule has 4 nitrogen and oxygen atoms in total. The van der Waals surface area contributed by atoms with Crippen LogP contribution in [0.15, 0.2) is 382 Å². The van der Waals surface area contributed by atoms with Crippen molar-refractivity contribution in [1.29, 1.82) is 0 Å². The number of nitrogens with zero attached hydrogens (tertiary/aromatic N) is 4. The number of benzene rings is 16. The van der Waals surface area contributed by atoms with Crippen LogP contribution < -0.4 is 19.6 Å². The topological polar surface area (TPSA) is 13.0 Å². The van der Waals surface area contributed by atoms with E-state index in [0.717, 1.165) is 47.3 Å². The zero-order valence-electron chi connectivity index (χ0n) is 74.9. The molecule has 16 aromatic rings. The van der Waals surface area contributed by atoms with Crippen molar-refractivity contribution in [3.63, 3.8) is 0 Å². The summed E-state index contributed by atoms with van der Waals surface area (Å²) in [6.07, 6.45) is 20.7. The molecule has 4 fully saturated rings. The Hall–Kier alpha value is -13.3. The van der Waals surface area contributed by atoms with Gasteiger partial charge in [-0.3, -0.25) is 0 Å². The number of hydrogen-bond donors (Lipinski definition) is 0. The minimum absolute atomic E-state index is 0.769. The van der Waals surface area contributed by atoms with Crippen LogP contribution in [-0.4, -0.2) is 0 Å². The molecule has 0 radical (unpaired) electrons. The maximum absolute atomic E-state index is 2.51. The minimum Gasteiger partial charge on any atom is -0.310 e. The Morgan fingerprint density at radius 2 is 0.367 bits per heavy atom. The molecule has 6 unspecified atom stereocenters. The van der Waals surface area contributed by atoms with Crippen molar-refractivity contribution in [2.45, 2.75) is 178 Å². The van der Waals surface area contributed by atoms with Crippen LogP contribution in [0.1, 0.15) is 216 Å². The van der Waals surface area contributed by atoms with E-state index in [1.807, 2.05) is 0 Å². The Morgan fingerprint density at radius 1 is 0.164 bits per heavy atom. The third-order valence-corrected chi connectivity index (χ3v) is 29.9. The lowest BCUT2D eigenvalue weighted by atomic mass is 9.66. The van der Waals surface area contributed by atoms with Gasteiger partial charge in [-0.1, -0.05) is 243 Å². The molecule has 8 bridgehead atoms. The number of para-hydroxylation sites is 8. The molecule has 10 aliphatic rings. The second-order valence-corrected chi connectivity index (χ2v) is 37.7. The highest BCUT2D eigenvalue weighted by Crippen LogP contribution is 2.58.